The molecule has 6 nitrogen and oxygen atoms in total. The minimum absolute atomic E-state index is 0.0222. The summed E-state index contributed by atoms with van der Waals surface area (Å²) in [6.45, 7) is 5.48. The molecule has 1 fully saturated rings. The summed E-state index contributed by atoms with van der Waals surface area (Å²) >= 11 is 0. The monoisotopic (exact) mass is 458 g/mol. The van der Waals surface area contributed by atoms with Crippen LogP contribution in [0.2, 0.25) is 0 Å². The number of aryl methyl sites for hydroxylation is 1. The van der Waals surface area contributed by atoms with Crippen molar-refractivity contribution in [1.82, 2.24) is 14.9 Å². The van der Waals surface area contributed by atoms with E-state index in [1.54, 1.807) is 37.5 Å². The standard InChI is InChI=1S/C24H25F3N4O2/c1-16-12-21(17(2)31(16)20-4-3-7-28-15-20)23(32)29-14-18-5-6-19(13-22(18)24(25,26)27)30-8-10-33-11-9-30/h3-7,12-13,15H,8-11,14H2,1-2H3,(H,29,32). The van der Waals surface area contributed by atoms with Crippen LogP contribution in [0.3, 0.4) is 0 Å². The number of ether oxygens (including phenoxy) is 1. The second kappa shape index (κ2) is 9.27. The second-order valence-electron chi connectivity index (χ2n) is 7.95. The van der Waals surface area contributed by atoms with Crippen molar-refractivity contribution < 1.29 is 22.7 Å². The third kappa shape index (κ3) is 4.88. The number of hydrogen-bond acceptors (Lipinski definition) is 4. The normalized spacial score (nSPS) is 14.4. The lowest BCUT2D eigenvalue weighted by molar-refractivity contribution is -0.138. The number of morpholine rings is 1. The van der Waals surface area contributed by atoms with E-state index in [1.807, 2.05) is 22.5 Å². The number of nitrogens with one attached hydrogen (secondary N) is 1. The molecule has 0 saturated carbocycles. The number of anilines is 1. The average Bonchev–Trinajstić information content (AvgIpc) is 3.11. The molecule has 2 aromatic heterocycles. The lowest BCUT2D eigenvalue weighted by Gasteiger charge is -2.29. The Morgan fingerprint density at radius 2 is 1.88 bits per heavy atom. The summed E-state index contributed by atoms with van der Waals surface area (Å²) in [5.41, 5.74) is 2.52. The van der Waals surface area contributed by atoms with Crippen LogP contribution in [0.1, 0.15) is 32.9 Å². The van der Waals surface area contributed by atoms with Gasteiger partial charge < -0.3 is 19.5 Å². The Morgan fingerprint density at radius 1 is 1.12 bits per heavy atom. The van der Waals surface area contributed by atoms with Gasteiger partial charge in [-0.1, -0.05) is 6.07 Å². The first-order chi connectivity index (χ1) is 15.8. The number of alkyl halides is 3. The van der Waals surface area contributed by atoms with Gasteiger partial charge in [0.25, 0.3) is 5.91 Å². The molecule has 9 heteroatoms. The molecule has 0 aliphatic carbocycles. The van der Waals surface area contributed by atoms with Crippen LogP contribution in [0.25, 0.3) is 5.69 Å². The molecular formula is C24H25F3N4O2. The summed E-state index contributed by atoms with van der Waals surface area (Å²) in [7, 11) is 0. The summed E-state index contributed by atoms with van der Waals surface area (Å²) in [5.74, 6) is -0.427. The van der Waals surface area contributed by atoms with Crippen LogP contribution in [-0.2, 0) is 17.5 Å². The minimum atomic E-state index is -4.53. The number of aromatic nitrogens is 2. The molecule has 33 heavy (non-hydrogen) atoms. The van der Waals surface area contributed by atoms with Crippen LogP contribution in [0.5, 0.6) is 0 Å². The van der Waals surface area contributed by atoms with Crippen molar-refractivity contribution in [3.05, 3.63) is 76.9 Å². The molecule has 1 amide bonds. The highest BCUT2D eigenvalue weighted by molar-refractivity contribution is 5.95. The topological polar surface area (TPSA) is 59.4 Å². The van der Waals surface area contributed by atoms with E-state index in [1.165, 1.54) is 6.07 Å². The quantitative estimate of drug-likeness (QED) is 0.620. The molecule has 0 radical (unpaired) electrons. The van der Waals surface area contributed by atoms with Gasteiger partial charge in [0, 0.05) is 42.9 Å². The number of rotatable bonds is 5. The van der Waals surface area contributed by atoms with Crippen LogP contribution >= 0.6 is 0 Å². The Morgan fingerprint density at radius 3 is 2.55 bits per heavy atom. The van der Waals surface area contributed by atoms with Crippen LogP contribution in [0.4, 0.5) is 18.9 Å². The number of amides is 1. The number of hydrogen-bond donors (Lipinski definition) is 1. The zero-order valence-electron chi connectivity index (χ0n) is 18.4. The van der Waals surface area contributed by atoms with Crippen molar-refractivity contribution in [1.29, 1.82) is 0 Å². The molecule has 0 atom stereocenters. The minimum Gasteiger partial charge on any atom is -0.378 e. The third-order valence-corrected chi connectivity index (χ3v) is 5.79. The first kappa shape index (κ1) is 22.8. The summed E-state index contributed by atoms with van der Waals surface area (Å²) in [5, 5.41) is 2.66. The predicted octanol–water partition coefficient (Wildman–Crippen LogP) is 4.27. The molecule has 0 bridgehead atoms. The third-order valence-electron chi connectivity index (χ3n) is 5.79. The van der Waals surface area contributed by atoms with Gasteiger partial charge in [0.05, 0.1) is 36.2 Å². The van der Waals surface area contributed by atoms with Crippen molar-refractivity contribution in [2.45, 2.75) is 26.6 Å². The van der Waals surface area contributed by atoms with Gasteiger partial charge in [-0.15, -0.1) is 0 Å². The molecular weight excluding hydrogens is 433 g/mol. The van der Waals surface area contributed by atoms with Gasteiger partial charge >= 0.3 is 6.18 Å². The molecule has 1 aliphatic rings. The number of carbonyl (C=O) groups is 1. The highest BCUT2D eigenvalue weighted by Gasteiger charge is 2.34. The number of pyridine rings is 1. The van der Waals surface area contributed by atoms with E-state index < -0.39 is 17.6 Å². The van der Waals surface area contributed by atoms with Crippen LogP contribution in [0, 0.1) is 13.8 Å². The van der Waals surface area contributed by atoms with Crippen molar-refractivity contribution in [3.8, 4) is 5.69 Å². The molecule has 1 saturated heterocycles. The summed E-state index contributed by atoms with van der Waals surface area (Å²) < 4.78 is 48.5. The summed E-state index contributed by atoms with van der Waals surface area (Å²) in [4.78, 5) is 18.8. The maximum Gasteiger partial charge on any atom is 0.416 e. The SMILES string of the molecule is Cc1cc(C(=O)NCc2ccc(N3CCOCC3)cc2C(F)(F)F)c(C)n1-c1cccnc1. The highest BCUT2D eigenvalue weighted by atomic mass is 19.4. The molecule has 1 N–H and O–H groups in total. The Labute approximate surface area is 190 Å². The maximum atomic E-state index is 13.8. The van der Waals surface area contributed by atoms with Gasteiger partial charge in [-0.3, -0.25) is 9.78 Å². The molecule has 3 heterocycles. The van der Waals surface area contributed by atoms with E-state index in [2.05, 4.69) is 10.3 Å². The molecule has 3 aromatic rings. The summed E-state index contributed by atoms with van der Waals surface area (Å²) in [6, 6.07) is 9.65. The number of nitrogens with zero attached hydrogens (tertiary/aromatic N) is 3. The first-order valence-electron chi connectivity index (χ1n) is 10.7. The van der Waals surface area contributed by atoms with E-state index in [-0.39, 0.29) is 12.1 Å². The van der Waals surface area contributed by atoms with E-state index in [9.17, 15) is 18.0 Å². The second-order valence-corrected chi connectivity index (χ2v) is 7.95. The lowest BCUT2D eigenvalue weighted by Crippen LogP contribution is -2.36. The smallest absolute Gasteiger partial charge is 0.378 e. The fourth-order valence-electron chi connectivity index (χ4n) is 4.15. The van der Waals surface area contributed by atoms with Gasteiger partial charge in [-0.05, 0) is 49.7 Å². The molecule has 1 aliphatic heterocycles. The number of halogens is 3. The van der Waals surface area contributed by atoms with Gasteiger partial charge in [-0.25, -0.2) is 0 Å². The highest BCUT2D eigenvalue weighted by Crippen LogP contribution is 2.35. The van der Waals surface area contributed by atoms with Crippen molar-refractivity contribution in [2.75, 3.05) is 31.2 Å². The van der Waals surface area contributed by atoms with Crippen molar-refractivity contribution in [2.24, 2.45) is 0 Å². The van der Waals surface area contributed by atoms with Crippen molar-refractivity contribution in [3.63, 3.8) is 0 Å². The summed E-state index contributed by atoms with van der Waals surface area (Å²) in [6.07, 6.45) is -1.18. The van der Waals surface area contributed by atoms with Gasteiger partial charge in [0.1, 0.15) is 0 Å². The predicted molar refractivity (Wildman–Crippen MR) is 119 cm³/mol. The lowest BCUT2D eigenvalue weighted by atomic mass is 10.0. The Balaban J connectivity index is 1.55. The average molecular weight is 458 g/mol. The fraction of sp³-hybridized carbons (Fsp3) is 0.333. The van der Waals surface area contributed by atoms with E-state index >= 15 is 0 Å². The van der Waals surface area contributed by atoms with Gasteiger partial charge in [0.15, 0.2) is 0 Å². The molecule has 174 valence electrons. The maximum absolute atomic E-state index is 13.8. The van der Waals surface area contributed by atoms with Crippen LogP contribution in [0.15, 0.2) is 48.8 Å². The Bertz CT molecular complexity index is 1140. The van der Waals surface area contributed by atoms with Gasteiger partial charge in [-0.2, -0.15) is 13.2 Å². The number of benzene rings is 1. The Kier molecular flexibility index (Phi) is 6.42. The zero-order chi connectivity index (χ0) is 23.6. The largest absolute Gasteiger partial charge is 0.416 e. The van der Waals surface area contributed by atoms with Gasteiger partial charge in [0.2, 0.25) is 0 Å². The van der Waals surface area contributed by atoms with E-state index in [0.717, 1.165) is 17.4 Å². The molecule has 0 unspecified atom stereocenters. The van der Waals surface area contributed by atoms with Crippen LogP contribution in [-0.4, -0.2) is 41.8 Å². The molecule has 4 rings (SSSR count). The van der Waals surface area contributed by atoms with E-state index in [4.69, 9.17) is 4.74 Å². The van der Waals surface area contributed by atoms with Crippen LogP contribution < -0.4 is 10.2 Å². The first-order valence-corrected chi connectivity index (χ1v) is 10.7. The van der Waals surface area contributed by atoms with E-state index in [0.29, 0.717) is 43.2 Å². The van der Waals surface area contributed by atoms with Crippen molar-refractivity contribution >= 4 is 11.6 Å². The zero-order valence-corrected chi connectivity index (χ0v) is 18.4. The fourth-order valence-corrected chi connectivity index (χ4v) is 4.15. The Hall–Kier alpha value is -3.33. The molecule has 0 spiro atoms. The molecule has 1 aromatic carbocycles. The number of carbonyl (C=O) groups excluding carboxylic acids is 1.